The van der Waals surface area contributed by atoms with Crippen molar-refractivity contribution in [2.45, 2.75) is 52.9 Å². The van der Waals surface area contributed by atoms with Crippen molar-refractivity contribution in [3.8, 4) is 0 Å². The zero-order chi connectivity index (χ0) is 19.7. The van der Waals surface area contributed by atoms with Gasteiger partial charge in [0.2, 0.25) is 11.8 Å². The summed E-state index contributed by atoms with van der Waals surface area (Å²) in [5, 5.41) is 2.86. The van der Waals surface area contributed by atoms with Crippen molar-refractivity contribution in [1.29, 1.82) is 0 Å². The molecule has 0 spiro atoms. The molecule has 0 saturated carbocycles. The van der Waals surface area contributed by atoms with E-state index in [1.165, 1.54) is 5.56 Å². The minimum atomic E-state index is -0.138. The lowest BCUT2D eigenvalue weighted by Gasteiger charge is -2.32. The Morgan fingerprint density at radius 3 is 2.41 bits per heavy atom. The third kappa shape index (κ3) is 4.97. The zero-order valence-electron chi connectivity index (χ0n) is 16.8. The number of carbonyl (C=O) groups is 1. The molecule has 0 aliphatic carbocycles. The lowest BCUT2D eigenvalue weighted by molar-refractivity contribution is -0.115. The molecule has 0 bridgehead atoms. The first-order chi connectivity index (χ1) is 12.6. The Bertz CT molecular complexity index is 934. The van der Waals surface area contributed by atoms with Crippen LogP contribution in [0.3, 0.4) is 0 Å². The fraction of sp³-hybridized carbons (Fsp3) is 0.391. The number of hydrogen-bond donors (Lipinski definition) is 1. The molecule has 1 heterocycles. The van der Waals surface area contributed by atoms with Gasteiger partial charge in [-0.2, -0.15) is 0 Å². The molecule has 1 N–H and O–H groups in total. The van der Waals surface area contributed by atoms with Gasteiger partial charge in [0, 0.05) is 5.69 Å². The van der Waals surface area contributed by atoms with Crippen molar-refractivity contribution in [3.63, 3.8) is 0 Å². The van der Waals surface area contributed by atoms with E-state index < -0.39 is 0 Å². The predicted octanol–water partition coefficient (Wildman–Crippen LogP) is 5.72. The second-order valence-electron chi connectivity index (χ2n) is 9.00. The number of aromatic nitrogens is 1. The van der Waals surface area contributed by atoms with Crippen LogP contribution in [-0.4, -0.2) is 10.9 Å². The molecule has 3 aromatic rings. The van der Waals surface area contributed by atoms with Gasteiger partial charge in [-0.1, -0.05) is 58.9 Å². The Morgan fingerprint density at radius 2 is 1.74 bits per heavy atom. The molecule has 0 saturated heterocycles. The third-order valence-corrected chi connectivity index (χ3v) is 4.55. The highest BCUT2D eigenvalue weighted by atomic mass is 16.3. The second-order valence-corrected chi connectivity index (χ2v) is 9.00. The van der Waals surface area contributed by atoms with Gasteiger partial charge in [0.25, 0.3) is 0 Å². The Kier molecular flexibility index (Phi) is 5.09. The summed E-state index contributed by atoms with van der Waals surface area (Å²) in [6.45, 7) is 11.3. The monoisotopic (exact) mass is 364 g/mol. The summed E-state index contributed by atoms with van der Waals surface area (Å²) in [6, 6.07) is 15.5. The SMILES string of the molecule is CC(C)(C)CC(C)(C)c1ccc2oc(CC(=O)Nc3ccccc3)nc2c1. The zero-order valence-corrected chi connectivity index (χ0v) is 16.8. The Labute approximate surface area is 161 Å². The maximum absolute atomic E-state index is 12.2. The number of nitrogens with zero attached hydrogens (tertiary/aromatic N) is 1. The van der Waals surface area contributed by atoms with Gasteiger partial charge >= 0.3 is 0 Å². The van der Waals surface area contributed by atoms with Gasteiger partial charge in [0.1, 0.15) is 11.9 Å². The van der Waals surface area contributed by atoms with Crippen LogP contribution >= 0.6 is 0 Å². The molecular formula is C23H28N2O2. The number of nitrogens with one attached hydrogen (secondary N) is 1. The lowest BCUT2D eigenvalue weighted by atomic mass is 9.72. The number of benzene rings is 2. The Hall–Kier alpha value is -2.62. The molecule has 27 heavy (non-hydrogen) atoms. The van der Waals surface area contributed by atoms with Gasteiger partial charge in [-0.25, -0.2) is 4.98 Å². The summed E-state index contributed by atoms with van der Waals surface area (Å²) in [6.07, 6.45) is 1.18. The van der Waals surface area contributed by atoms with E-state index in [9.17, 15) is 4.79 Å². The number of amides is 1. The van der Waals surface area contributed by atoms with E-state index in [4.69, 9.17) is 4.42 Å². The van der Waals surface area contributed by atoms with E-state index in [-0.39, 0.29) is 23.2 Å². The first-order valence-electron chi connectivity index (χ1n) is 9.37. The standard InChI is InChI=1S/C23H28N2O2/c1-22(2,3)15-23(4,5)16-11-12-19-18(13-16)25-21(27-19)14-20(26)24-17-9-7-6-8-10-17/h6-13H,14-15H2,1-5H3,(H,24,26). The summed E-state index contributed by atoms with van der Waals surface area (Å²) in [4.78, 5) is 16.8. The van der Waals surface area contributed by atoms with Gasteiger partial charge in [-0.05, 0) is 47.1 Å². The molecule has 3 rings (SSSR count). The molecule has 142 valence electrons. The fourth-order valence-electron chi connectivity index (χ4n) is 3.76. The summed E-state index contributed by atoms with van der Waals surface area (Å²) >= 11 is 0. The van der Waals surface area contributed by atoms with Crippen LogP contribution in [0.2, 0.25) is 0 Å². The number of hydrogen-bond acceptors (Lipinski definition) is 3. The summed E-state index contributed by atoms with van der Waals surface area (Å²) < 4.78 is 5.77. The first-order valence-corrected chi connectivity index (χ1v) is 9.37. The number of rotatable bonds is 5. The number of fused-ring (bicyclic) bond motifs is 1. The van der Waals surface area contributed by atoms with E-state index >= 15 is 0 Å². The van der Waals surface area contributed by atoms with Crippen LogP contribution in [0.25, 0.3) is 11.1 Å². The van der Waals surface area contributed by atoms with Crippen LogP contribution in [0.5, 0.6) is 0 Å². The lowest BCUT2D eigenvalue weighted by Crippen LogP contribution is -2.24. The minimum absolute atomic E-state index is 0.0379. The minimum Gasteiger partial charge on any atom is -0.440 e. The number of anilines is 1. The molecule has 1 amide bonds. The average molecular weight is 364 g/mol. The highest BCUT2D eigenvalue weighted by molar-refractivity contribution is 5.92. The van der Waals surface area contributed by atoms with Gasteiger partial charge in [0.05, 0.1) is 0 Å². The molecule has 2 aromatic carbocycles. The third-order valence-electron chi connectivity index (χ3n) is 4.55. The van der Waals surface area contributed by atoms with Crippen LogP contribution < -0.4 is 5.32 Å². The Balaban J connectivity index is 1.77. The van der Waals surface area contributed by atoms with E-state index in [2.05, 4.69) is 57.1 Å². The normalized spacial score (nSPS) is 12.3. The van der Waals surface area contributed by atoms with Gasteiger partial charge in [-0.3, -0.25) is 4.79 Å². The van der Waals surface area contributed by atoms with Crippen LogP contribution in [0.4, 0.5) is 5.69 Å². The Morgan fingerprint density at radius 1 is 1.04 bits per heavy atom. The average Bonchev–Trinajstić information content (AvgIpc) is 2.94. The molecule has 0 fully saturated rings. The molecular weight excluding hydrogens is 336 g/mol. The van der Waals surface area contributed by atoms with Crippen LogP contribution in [0.15, 0.2) is 52.9 Å². The largest absolute Gasteiger partial charge is 0.440 e. The van der Waals surface area contributed by atoms with Crippen molar-refractivity contribution in [2.75, 3.05) is 5.32 Å². The quantitative estimate of drug-likeness (QED) is 0.629. The van der Waals surface area contributed by atoms with Crippen molar-refractivity contribution in [2.24, 2.45) is 5.41 Å². The van der Waals surface area contributed by atoms with Crippen LogP contribution in [0.1, 0.15) is 52.5 Å². The van der Waals surface area contributed by atoms with Crippen molar-refractivity contribution in [1.82, 2.24) is 4.98 Å². The predicted molar refractivity (Wildman–Crippen MR) is 110 cm³/mol. The van der Waals surface area contributed by atoms with E-state index in [1.54, 1.807) is 0 Å². The summed E-state index contributed by atoms with van der Waals surface area (Å²) in [5.74, 6) is 0.297. The van der Waals surface area contributed by atoms with Gasteiger partial charge in [0.15, 0.2) is 5.58 Å². The van der Waals surface area contributed by atoms with Gasteiger partial charge < -0.3 is 9.73 Å². The molecule has 0 radical (unpaired) electrons. The number of oxazole rings is 1. The topological polar surface area (TPSA) is 55.1 Å². The molecule has 1 aromatic heterocycles. The van der Waals surface area contributed by atoms with E-state index in [1.807, 2.05) is 36.4 Å². The smallest absolute Gasteiger partial charge is 0.233 e. The second kappa shape index (κ2) is 7.18. The van der Waals surface area contributed by atoms with Crippen molar-refractivity contribution in [3.05, 3.63) is 60.0 Å². The van der Waals surface area contributed by atoms with Crippen LogP contribution in [0, 0.1) is 5.41 Å². The van der Waals surface area contributed by atoms with E-state index in [0.717, 1.165) is 17.6 Å². The maximum Gasteiger partial charge on any atom is 0.233 e. The molecule has 0 aliphatic rings. The van der Waals surface area contributed by atoms with Gasteiger partial charge in [-0.15, -0.1) is 0 Å². The molecule has 0 atom stereocenters. The number of carbonyl (C=O) groups excluding carboxylic acids is 1. The number of para-hydroxylation sites is 1. The van der Waals surface area contributed by atoms with Crippen molar-refractivity contribution < 1.29 is 9.21 Å². The van der Waals surface area contributed by atoms with Crippen molar-refractivity contribution >= 4 is 22.7 Å². The highest BCUT2D eigenvalue weighted by Gasteiger charge is 2.27. The molecule has 4 heteroatoms. The highest BCUT2D eigenvalue weighted by Crippen LogP contribution is 2.37. The van der Waals surface area contributed by atoms with E-state index in [0.29, 0.717) is 11.5 Å². The summed E-state index contributed by atoms with van der Waals surface area (Å²) in [7, 11) is 0. The fourth-order valence-corrected chi connectivity index (χ4v) is 3.76. The molecule has 4 nitrogen and oxygen atoms in total. The summed E-state index contributed by atoms with van der Waals surface area (Å²) in [5.41, 5.74) is 3.80. The molecule has 0 aliphatic heterocycles. The maximum atomic E-state index is 12.2. The first kappa shape index (κ1) is 19.2. The molecule has 0 unspecified atom stereocenters. The van der Waals surface area contributed by atoms with Crippen LogP contribution in [-0.2, 0) is 16.6 Å².